The third kappa shape index (κ3) is 310. The van der Waals surface area contributed by atoms with Gasteiger partial charge in [-0.1, -0.05) is 0 Å². The SMILES string of the molecule is O=C(O)O.O=C=O.[H-].[H-].[Mg+2]. The number of hydrogen-bond donors (Lipinski definition) is 2. The summed E-state index contributed by atoms with van der Waals surface area (Å²) in [5, 5.41) is 13.9. The molecule has 0 bridgehead atoms. The minimum atomic E-state index is -1.83. The van der Waals surface area contributed by atoms with Crippen LogP contribution in [0.25, 0.3) is 0 Å². The first kappa shape index (κ1) is 15.7. The van der Waals surface area contributed by atoms with Crippen molar-refractivity contribution in [1.82, 2.24) is 0 Å². The first-order chi connectivity index (χ1) is 3.15. The molecule has 6 heteroatoms. The Morgan fingerprint density at radius 2 is 1.38 bits per heavy atom. The van der Waals surface area contributed by atoms with Crippen LogP contribution < -0.4 is 0 Å². The molecular weight excluding hydrogens is 128 g/mol. The van der Waals surface area contributed by atoms with Crippen LogP contribution in [0.1, 0.15) is 2.85 Å². The molecule has 0 aromatic carbocycles. The fourth-order valence-electron chi connectivity index (χ4n) is 0. The molecule has 0 fully saturated rings. The molecule has 0 amide bonds. The van der Waals surface area contributed by atoms with Crippen molar-refractivity contribution in [2.75, 3.05) is 0 Å². The second kappa shape index (κ2) is 16.1. The Morgan fingerprint density at radius 3 is 1.38 bits per heavy atom. The maximum Gasteiger partial charge on any atom is 2.00 e. The van der Waals surface area contributed by atoms with Crippen LogP contribution in [0, 0.1) is 0 Å². The van der Waals surface area contributed by atoms with Crippen molar-refractivity contribution in [2.24, 2.45) is 0 Å². The van der Waals surface area contributed by atoms with E-state index in [1.165, 1.54) is 0 Å². The molecule has 0 radical (unpaired) electrons. The van der Waals surface area contributed by atoms with E-state index in [0.29, 0.717) is 0 Å². The molecule has 2 N–H and O–H groups in total. The van der Waals surface area contributed by atoms with E-state index in [2.05, 4.69) is 0 Å². The van der Waals surface area contributed by atoms with Gasteiger partial charge < -0.3 is 13.1 Å². The summed E-state index contributed by atoms with van der Waals surface area (Å²) in [7, 11) is 0. The van der Waals surface area contributed by atoms with Gasteiger partial charge in [-0.3, -0.25) is 0 Å². The van der Waals surface area contributed by atoms with E-state index in [0.717, 1.165) is 0 Å². The summed E-state index contributed by atoms with van der Waals surface area (Å²) >= 11 is 0. The summed E-state index contributed by atoms with van der Waals surface area (Å²) in [6, 6.07) is 0. The van der Waals surface area contributed by atoms with E-state index in [9.17, 15) is 0 Å². The van der Waals surface area contributed by atoms with Crippen molar-refractivity contribution >= 4 is 35.4 Å². The van der Waals surface area contributed by atoms with E-state index < -0.39 is 6.16 Å². The molecule has 0 unspecified atom stereocenters. The Morgan fingerprint density at radius 1 is 1.38 bits per heavy atom. The van der Waals surface area contributed by atoms with Crippen molar-refractivity contribution in [3.8, 4) is 0 Å². The maximum atomic E-state index is 8.56. The molecule has 0 spiro atoms. The maximum absolute atomic E-state index is 8.56. The summed E-state index contributed by atoms with van der Waals surface area (Å²) in [6.07, 6.45) is -1.58. The van der Waals surface area contributed by atoms with Crippen LogP contribution in [0.3, 0.4) is 0 Å². The summed E-state index contributed by atoms with van der Waals surface area (Å²) in [5.41, 5.74) is 0. The number of carboxylic acid groups (broad SMARTS) is 2. The average molecular weight is 132 g/mol. The van der Waals surface area contributed by atoms with Crippen molar-refractivity contribution < 1.29 is 27.4 Å². The smallest absolute Gasteiger partial charge is 1.00 e. The van der Waals surface area contributed by atoms with E-state index in [1.54, 1.807) is 0 Å². The van der Waals surface area contributed by atoms with Gasteiger partial charge in [0.2, 0.25) is 0 Å². The van der Waals surface area contributed by atoms with Gasteiger partial charge in [-0.25, -0.2) is 4.79 Å². The van der Waals surface area contributed by atoms with Crippen molar-refractivity contribution in [2.45, 2.75) is 0 Å². The van der Waals surface area contributed by atoms with Crippen LogP contribution in [0.4, 0.5) is 4.79 Å². The first-order valence-corrected chi connectivity index (χ1v) is 1.06. The molecule has 0 atom stereocenters. The van der Waals surface area contributed by atoms with Gasteiger partial charge in [0.1, 0.15) is 0 Å². The summed E-state index contributed by atoms with van der Waals surface area (Å²) in [4.78, 5) is 24.8. The fourth-order valence-corrected chi connectivity index (χ4v) is 0. The topological polar surface area (TPSA) is 91.7 Å². The average Bonchev–Trinajstić information content (AvgIpc) is 1.33. The molecular formula is C2H4MgO5. The second-order valence-corrected chi connectivity index (χ2v) is 0.366. The zero-order valence-electron chi connectivity index (χ0n) is 5.83. The Labute approximate surface area is 63.4 Å². The molecule has 0 heterocycles. The van der Waals surface area contributed by atoms with E-state index in [1.807, 2.05) is 0 Å². The van der Waals surface area contributed by atoms with Crippen LogP contribution in [0.15, 0.2) is 0 Å². The van der Waals surface area contributed by atoms with Crippen molar-refractivity contribution in [3.05, 3.63) is 0 Å². The van der Waals surface area contributed by atoms with Crippen LogP contribution in [0.5, 0.6) is 0 Å². The van der Waals surface area contributed by atoms with Gasteiger partial charge in [-0.2, -0.15) is 9.59 Å². The van der Waals surface area contributed by atoms with Crippen molar-refractivity contribution in [1.29, 1.82) is 0 Å². The van der Waals surface area contributed by atoms with Crippen molar-refractivity contribution in [3.63, 3.8) is 0 Å². The van der Waals surface area contributed by atoms with Gasteiger partial charge in [0.25, 0.3) is 0 Å². The van der Waals surface area contributed by atoms with E-state index in [-0.39, 0.29) is 32.1 Å². The quantitative estimate of drug-likeness (QED) is 0.433. The van der Waals surface area contributed by atoms with Gasteiger partial charge in [0.15, 0.2) is 0 Å². The van der Waals surface area contributed by atoms with Gasteiger partial charge in [0, 0.05) is 0 Å². The third-order valence-electron chi connectivity index (χ3n) is 0. The predicted octanol–water partition coefficient (Wildman–Crippen LogP) is -0.517. The van der Waals surface area contributed by atoms with Gasteiger partial charge in [-0.05, 0) is 0 Å². The Balaban J connectivity index is -0.0000000131. The molecule has 0 saturated heterocycles. The predicted molar refractivity (Wildman–Crippen MR) is 23.6 cm³/mol. The molecule has 0 aliphatic carbocycles. The normalized spacial score (nSPS) is 4.00. The Bertz CT molecular complexity index is 85.6. The summed E-state index contributed by atoms with van der Waals surface area (Å²) in [6.45, 7) is 0. The van der Waals surface area contributed by atoms with E-state index in [4.69, 9.17) is 24.6 Å². The third-order valence-corrected chi connectivity index (χ3v) is 0. The van der Waals surface area contributed by atoms with Crippen LogP contribution in [-0.4, -0.2) is 45.6 Å². The van der Waals surface area contributed by atoms with Gasteiger partial charge >= 0.3 is 35.4 Å². The molecule has 0 aromatic rings. The number of hydrogen-bond acceptors (Lipinski definition) is 3. The molecule has 0 aliphatic rings. The van der Waals surface area contributed by atoms with Crippen LogP contribution >= 0.6 is 0 Å². The fraction of sp³-hybridized carbons (Fsp3) is 0. The Kier molecular flexibility index (Phi) is 31.6. The zero-order chi connectivity index (χ0) is 6.28. The molecule has 0 aliphatic heterocycles. The standard InChI is InChI=1S/CH2O3.CO2.Mg.2H/c2-1(3)4;2-1-3;;;/h(H2,2,3,4);;;;/q;;+2;2*-1. The second-order valence-electron chi connectivity index (χ2n) is 0.366. The van der Waals surface area contributed by atoms with Crippen LogP contribution in [-0.2, 0) is 9.59 Å². The van der Waals surface area contributed by atoms with Crippen LogP contribution in [0.2, 0.25) is 0 Å². The molecule has 0 saturated carbocycles. The number of rotatable bonds is 0. The first-order valence-electron chi connectivity index (χ1n) is 1.06. The monoisotopic (exact) mass is 132 g/mol. The van der Waals surface area contributed by atoms with Gasteiger partial charge in [0.05, 0.1) is 0 Å². The largest absolute Gasteiger partial charge is 2.00 e. The molecule has 0 aromatic heterocycles. The minimum Gasteiger partial charge on any atom is -1.00 e. The minimum absolute atomic E-state index is 0. The molecule has 44 valence electrons. The van der Waals surface area contributed by atoms with Gasteiger partial charge in [-0.15, -0.1) is 0 Å². The summed E-state index contributed by atoms with van der Waals surface area (Å²) < 4.78 is 0. The molecule has 0 rings (SSSR count). The number of carbonyl (C=O) groups excluding carboxylic acids is 2. The molecule has 5 nitrogen and oxygen atoms in total. The number of carbonyl (C=O) groups is 1. The Hall–Kier alpha value is -0.584. The zero-order valence-corrected chi connectivity index (χ0v) is 5.24. The summed E-state index contributed by atoms with van der Waals surface area (Å²) in [5.74, 6) is 0. The van der Waals surface area contributed by atoms with E-state index >= 15 is 0 Å². The molecule has 8 heavy (non-hydrogen) atoms.